The Labute approximate surface area is 80.4 Å². The number of rotatable bonds is 3. The third-order valence-corrected chi connectivity index (χ3v) is 1.86. The van der Waals surface area contributed by atoms with Gasteiger partial charge < -0.3 is 10.1 Å². The first kappa shape index (κ1) is 10.0. The molecule has 1 heterocycles. The number of ether oxygens (including phenoxy) is 1. The number of carbonyl (C=O) groups excluding carboxylic acids is 1. The first-order chi connectivity index (χ1) is 6.15. The van der Waals surface area contributed by atoms with Crippen LogP contribution in [0.4, 0.5) is 5.69 Å². The first-order valence-electron chi connectivity index (χ1n) is 3.67. The van der Waals surface area contributed by atoms with E-state index in [0.717, 1.165) is 0 Å². The fraction of sp³-hybridized carbons (Fsp3) is 0.429. The Hall–Kier alpha value is -1.07. The molecule has 13 heavy (non-hydrogen) atoms. The number of hydrogen-bond donors (Lipinski definition) is 2. The summed E-state index contributed by atoms with van der Waals surface area (Å²) in [6.45, 7) is 1.64. The maximum atomic E-state index is 11.3. The van der Waals surface area contributed by atoms with E-state index in [1.165, 1.54) is 13.3 Å². The second-order valence-electron chi connectivity index (χ2n) is 2.46. The van der Waals surface area contributed by atoms with Crippen LogP contribution in [0.1, 0.15) is 6.92 Å². The molecule has 1 unspecified atom stereocenters. The van der Waals surface area contributed by atoms with Gasteiger partial charge in [0.25, 0.3) is 5.91 Å². The van der Waals surface area contributed by atoms with Crippen LogP contribution in [0.3, 0.4) is 0 Å². The summed E-state index contributed by atoms with van der Waals surface area (Å²) in [5.74, 6) is -0.259. The van der Waals surface area contributed by atoms with Crippen molar-refractivity contribution in [3.63, 3.8) is 0 Å². The molecule has 1 rings (SSSR count). The highest BCUT2D eigenvalue weighted by Gasteiger charge is 2.13. The lowest BCUT2D eigenvalue weighted by atomic mass is 10.3. The molecule has 0 aliphatic heterocycles. The molecule has 1 aromatic heterocycles. The molecular formula is C7H10ClN3O2. The summed E-state index contributed by atoms with van der Waals surface area (Å²) in [5, 5.41) is 8.99. The molecule has 0 saturated heterocycles. The van der Waals surface area contributed by atoms with Crippen molar-refractivity contribution in [3.05, 3.63) is 11.3 Å². The second-order valence-corrected chi connectivity index (χ2v) is 2.84. The normalized spacial score (nSPS) is 12.5. The van der Waals surface area contributed by atoms with Crippen LogP contribution < -0.4 is 5.32 Å². The van der Waals surface area contributed by atoms with E-state index in [0.29, 0.717) is 10.8 Å². The van der Waals surface area contributed by atoms with Gasteiger partial charge in [-0.05, 0) is 6.92 Å². The van der Waals surface area contributed by atoms with Gasteiger partial charge in [0.1, 0.15) is 11.3 Å². The number of nitrogens with zero attached hydrogens (tertiary/aromatic N) is 1. The number of halogens is 1. The molecule has 72 valence electrons. The summed E-state index contributed by atoms with van der Waals surface area (Å²) in [7, 11) is 1.46. The Bertz CT molecular complexity index is 300. The number of carbonyl (C=O) groups is 1. The molecule has 0 saturated carbocycles. The van der Waals surface area contributed by atoms with Crippen LogP contribution in [-0.2, 0) is 9.53 Å². The largest absolute Gasteiger partial charge is 0.372 e. The molecule has 1 amide bonds. The number of aromatic amines is 1. The average Bonchev–Trinajstić information content (AvgIpc) is 2.50. The van der Waals surface area contributed by atoms with Crippen LogP contribution in [0, 0.1) is 0 Å². The second kappa shape index (κ2) is 4.25. The smallest absolute Gasteiger partial charge is 0.253 e. The Kier molecular flexibility index (Phi) is 3.27. The lowest BCUT2D eigenvalue weighted by Gasteiger charge is -2.08. The van der Waals surface area contributed by atoms with Crippen LogP contribution in [0.15, 0.2) is 6.20 Å². The molecule has 5 nitrogen and oxygen atoms in total. The highest BCUT2D eigenvalue weighted by molar-refractivity contribution is 6.32. The number of hydrogen-bond acceptors (Lipinski definition) is 3. The van der Waals surface area contributed by atoms with E-state index in [1.54, 1.807) is 6.92 Å². The van der Waals surface area contributed by atoms with E-state index >= 15 is 0 Å². The monoisotopic (exact) mass is 203 g/mol. The topological polar surface area (TPSA) is 67.0 Å². The molecular weight excluding hydrogens is 194 g/mol. The Morgan fingerprint density at radius 3 is 3.00 bits per heavy atom. The van der Waals surface area contributed by atoms with Gasteiger partial charge in [0.15, 0.2) is 0 Å². The van der Waals surface area contributed by atoms with Crippen molar-refractivity contribution in [2.45, 2.75) is 13.0 Å². The zero-order chi connectivity index (χ0) is 9.84. The van der Waals surface area contributed by atoms with Crippen molar-refractivity contribution in [1.82, 2.24) is 10.2 Å². The summed E-state index contributed by atoms with van der Waals surface area (Å²) in [6.07, 6.45) is 0.925. The van der Waals surface area contributed by atoms with Gasteiger partial charge in [-0.2, -0.15) is 5.10 Å². The van der Waals surface area contributed by atoms with Crippen LogP contribution in [-0.4, -0.2) is 29.3 Å². The van der Waals surface area contributed by atoms with Crippen molar-refractivity contribution in [3.8, 4) is 0 Å². The van der Waals surface area contributed by atoms with Gasteiger partial charge in [-0.1, -0.05) is 11.6 Å². The van der Waals surface area contributed by atoms with Crippen LogP contribution in [0.5, 0.6) is 0 Å². The SMILES string of the molecule is COC(C)C(=O)Nc1cn[nH]c1Cl. The van der Waals surface area contributed by atoms with Crippen LogP contribution in [0.2, 0.25) is 5.15 Å². The molecule has 0 aliphatic carbocycles. The van der Waals surface area contributed by atoms with Crippen LogP contribution >= 0.6 is 11.6 Å². The number of nitrogens with one attached hydrogen (secondary N) is 2. The summed E-state index contributed by atoms with van der Waals surface area (Å²) in [6, 6.07) is 0. The first-order valence-corrected chi connectivity index (χ1v) is 4.05. The molecule has 0 fully saturated rings. The fourth-order valence-electron chi connectivity index (χ4n) is 0.699. The van der Waals surface area contributed by atoms with Gasteiger partial charge in [-0.3, -0.25) is 9.89 Å². The van der Waals surface area contributed by atoms with Gasteiger partial charge in [-0.25, -0.2) is 0 Å². The highest BCUT2D eigenvalue weighted by atomic mass is 35.5. The zero-order valence-electron chi connectivity index (χ0n) is 7.30. The number of aromatic nitrogens is 2. The highest BCUT2D eigenvalue weighted by Crippen LogP contribution is 2.17. The molecule has 6 heteroatoms. The predicted octanol–water partition coefficient (Wildman–Crippen LogP) is 1.04. The van der Waals surface area contributed by atoms with E-state index in [4.69, 9.17) is 16.3 Å². The van der Waals surface area contributed by atoms with Gasteiger partial charge in [0, 0.05) is 7.11 Å². The Morgan fingerprint density at radius 2 is 2.54 bits per heavy atom. The van der Waals surface area contributed by atoms with Crippen molar-refractivity contribution < 1.29 is 9.53 Å². The van der Waals surface area contributed by atoms with Crippen LogP contribution in [0.25, 0.3) is 0 Å². The predicted molar refractivity (Wildman–Crippen MR) is 48.7 cm³/mol. The minimum absolute atomic E-state index is 0.259. The Balaban J connectivity index is 2.60. The number of amides is 1. The molecule has 0 aliphatic rings. The van der Waals surface area contributed by atoms with E-state index in [2.05, 4.69) is 15.5 Å². The standard InChI is InChI=1S/C7H10ClN3O2/c1-4(13-2)7(12)10-5-3-9-11-6(5)8/h3-4H,1-2H3,(H,9,11)(H,10,12). The van der Waals surface area contributed by atoms with Gasteiger partial charge in [0.2, 0.25) is 0 Å². The molecule has 1 aromatic rings. The molecule has 2 N–H and O–H groups in total. The summed E-state index contributed by atoms with van der Waals surface area (Å²) >= 11 is 5.66. The third-order valence-electron chi connectivity index (χ3n) is 1.57. The van der Waals surface area contributed by atoms with Crippen molar-refractivity contribution in [2.75, 3.05) is 12.4 Å². The van der Waals surface area contributed by atoms with E-state index in [9.17, 15) is 4.79 Å². The quantitative estimate of drug-likeness (QED) is 0.771. The molecule has 1 atom stereocenters. The van der Waals surface area contributed by atoms with Crippen molar-refractivity contribution in [2.24, 2.45) is 0 Å². The maximum absolute atomic E-state index is 11.3. The minimum atomic E-state index is -0.508. The zero-order valence-corrected chi connectivity index (χ0v) is 8.05. The molecule has 0 radical (unpaired) electrons. The van der Waals surface area contributed by atoms with Gasteiger partial charge >= 0.3 is 0 Å². The van der Waals surface area contributed by atoms with Gasteiger partial charge in [0.05, 0.1) is 11.9 Å². The number of anilines is 1. The summed E-state index contributed by atoms with van der Waals surface area (Å²) in [4.78, 5) is 11.3. The fourth-order valence-corrected chi connectivity index (χ4v) is 0.844. The summed E-state index contributed by atoms with van der Waals surface area (Å²) < 4.78 is 4.81. The average molecular weight is 204 g/mol. The number of H-pyrrole nitrogens is 1. The van der Waals surface area contributed by atoms with E-state index in [-0.39, 0.29) is 5.91 Å². The number of methoxy groups -OCH3 is 1. The van der Waals surface area contributed by atoms with Crippen molar-refractivity contribution in [1.29, 1.82) is 0 Å². The lowest BCUT2D eigenvalue weighted by molar-refractivity contribution is -0.124. The third kappa shape index (κ3) is 2.43. The lowest BCUT2D eigenvalue weighted by Crippen LogP contribution is -2.26. The summed E-state index contributed by atoms with van der Waals surface area (Å²) in [5.41, 5.74) is 0.454. The maximum Gasteiger partial charge on any atom is 0.253 e. The van der Waals surface area contributed by atoms with E-state index in [1.807, 2.05) is 0 Å². The van der Waals surface area contributed by atoms with E-state index < -0.39 is 6.10 Å². The molecule has 0 aromatic carbocycles. The van der Waals surface area contributed by atoms with Gasteiger partial charge in [-0.15, -0.1) is 0 Å². The molecule has 0 spiro atoms. The Morgan fingerprint density at radius 1 is 1.85 bits per heavy atom. The molecule has 0 bridgehead atoms. The van der Waals surface area contributed by atoms with Crippen molar-refractivity contribution >= 4 is 23.2 Å². The minimum Gasteiger partial charge on any atom is -0.372 e.